The summed E-state index contributed by atoms with van der Waals surface area (Å²) in [7, 11) is 2.02. The Balaban J connectivity index is 1.48. The lowest BCUT2D eigenvalue weighted by molar-refractivity contribution is -0.385. The summed E-state index contributed by atoms with van der Waals surface area (Å²) in [4.78, 5) is 43.4. The van der Waals surface area contributed by atoms with Gasteiger partial charge in [0.05, 0.1) is 10.3 Å². The number of carbonyl (C=O) groups is 2. The number of aromatic nitrogens is 3. The zero-order valence-electron chi connectivity index (χ0n) is 16.2. The molecule has 2 aromatic heterocycles. The molecule has 3 heterocycles. The minimum absolute atomic E-state index is 0.0427. The van der Waals surface area contributed by atoms with Gasteiger partial charge in [0.25, 0.3) is 17.5 Å². The Morgan fingerprint density at radius 2 is 1.87 bits per heavy atom. The molecule has 0 atom stereocenters. The SMILES string of the molecule is CN1CCN(C(=O)c2ccc(NC(=O)c3[nH]nc4ncc([N+](=O)[O-])cc34)cc2)CC1. The van der Waals surface area contributed by atoms with Gasteiger partial charge in [0.1, 0.15) is 11.9 Å². The minimum atomic E-state index is -0.586. The van der Waals surface area contributed by atoms with E-state index in [4.69, 9.17) is 0 Å². The number of hydrogen-bond acceptors (Lipinski definition) is 7. The maximum atomic E-state index is 12.6. The predicted molar refractivity (Wildman–Crippen MR) is 108 cm³/mol. The molecule has 3 aromatic rings. The van der Waals surface area contributed by atoms with Gasteiger partial charge in [-0.25, -0.2) is 4.98 Å². The first-order chi connectivity index (χ1) is 14.4. The molecule has 0 radical (unpaired) electrons. The first-order valence-corrected chi connectivity index (χ1v) is 9.30. The number of aromatic amines is 1. The number of hydrogen-bond donors (Lipinski definition) is 2. The molecule has 11 heteroatoms. The highest BCUT2D eigenvalue weighted by Crippen LogP contribution is 2.21. The molecule has 1 saturated heterocycles. The summed E-state index contributed by atoms with van der Waals surface area (Å²) in [5, 5.41) is 20.4. The average Bonchev–Trinajstić information content (AvgIpc) is 3.18. The average molecular weight is 409 g/mol. The number of nitrogens with zero attached hydrogens (tertiary/aromatic N) is 5. The van der Waals surface area contributed by atoms with Crippen LogP contribution in [0.2, 0.25) is 0 Å². The van der Waals surface area contributed by atoms with Crippen LogP contribution >= 0.6 is 0 Å². The zero-order valence-corrected chi connectivity index (χ0v) is 16.2. The number of amides is 2. The molecule has 1 aromatic carbocycles. The smallest absolute Gasteiger partial charge is 0.288 e. The van der Waals surface area contributed by atoms with E-state index in [1.54, 1.807) is 24.3 Å². The second kappa shape index (κ2) is 7.87. The van der Waals surface area contributed by atoms with Crippen LogP contribution in [-0.4, -0.2) is 74.9 Å². The Hall–Kier alpha value is -3.86. The van der Waals surface area contributed by atoms with Gasteiger partial charge in [-0.1, -0.05) is 0 Å². The van der Waals surface area contributed by atoms with Crippen LogP contribution in [-0.2, 0) is 0 Å². The van der Waals surface area contributed by atoms with Crippen molar-refractivity contribution in [3.05, 3.63) is 57.9 Å². The number of likely N-dealkylation sites (N-methyl/N-ethyl adjacent to an activating group) is 1. The van der Waals surface area contributed by atoms with Gasteiger partial charge in [-0.05, 0) is 31.3 Å². The van der Waals surface area contributed by atoms with Crippen LogP contribution in [0, 0.1) is 10.1 Å². The molecular weight excluding hydrogens is 390 g/mol. The summed E-state index contributed by atoms with van der Waals surface area (Å²) in [6.07, 6.45) is 1.08. The van der Waals surface area contributed by atoms with Crippen molar-refractivity contribution in [3.8, 4) is 0 Å². The summed E-state index contributed by atoms with van der Waals surface area (Å²) >= 11 is 0. The molecule has 1 fully saturated rings. The molecule has 4 rings (SSSR count). The van der Waals surface area contributed by atoms with Gasteiger partial charge in [-0.15, -0.1) is 0 Å². The summed E-state index contributed by atoms with van der Waals surface area (Å²) in [6, 6.07) is 7.85. The summed E-state index contributed by atoms with van der Waals surface area (Å²) in [5.41, 5.74) is 1.07. The lowest BCUT2D eigenvalue weighted by atomic mass is 10.1. The van der Waals surface area contributed by atoms with Crippen molar-refractivity contribution in [2.45, 2.75) is 0 Å². The number of carbonyl (C=O) groups excluding carboxylic acids is 2. The Bertz CT molecular complexity index is 1120. The topological polar surface area (TPSA) is 137 Å². The number of pyridine rings is 1. The quantitative estimate of drug-likeness (QED) is 0.492. The number of nitro groups is 1. The van der Waals surface area contributed by atoms with Crippen molar-refractivity contribution in [1.82, 2.24) is 25.0 Å². The minimum Gasteiger partial charge on any atom is -0.336 e. The van der Waals surface area contributed by atoms with Crippen molar-refractivity contribution in [1.29, 1.82) is 0 Å². The molecule has 11 nitrogen and oxygen atoms in total. The molecular formula is C19H19N7O4. The van der Waals surface area contributed by atoms with Crippen LogP contribution in [0.1, 0.15) is 20.8 Å². The van der Waals surface area contributed by atoms with Gasteiger partial charge in [-0.2, -0.15) is 5.10 Å². The Kier molecular flexibility index (Phi) is 5.11. The van der Waals surface area contributed by atoms with Crippen molar-refractivity contribution in [2.24, 2.45) is 0 Å². The van der Waals surface area contributed by atoms with Crippen LogP contribution < -0.4 is 5.32 Å². The Morgan fingerprint density at radius 1 is 1.17 bits per heavy atom. The molecule has 1 aliphatic rings. The fourth-order valence-electron chi connectivity index (χ4n) is 3.24. The van der Waals surface area contributed by atoms with Gasteiger partial charge in [-0.3, -0.25) is 24.8 Å². The van der Waals surface area contributed by atoms with Gasteiger partial charge in [0.2, 0.25) is 0 Å². The highest BCUT2D eigenvalue weighted by atomic mass is 16.6. The monoisotopic (exact) mass is 409 g/mol. The third-order valence-electron chi connectivity index (χ3n) is 5.01. The largest absolute Gasteiger partial charge is 0.336 e. The fraction of sp³-hybridized carbons (Fsp3) is 0.263. The van der Waals surface area contributed by atoms with E-state index in [0.717, 1.165) is 19.3 Å². The number of piperazine rings is 1. The maximum absolute atomic E-state index is 12.6. The fourth-order valence-corrected chi connectivity index (χ4v) is 3.24. The molecule has 1 aliphatic heterocycles. The highest BCUT2D eigenvalue weighted by molar-refractivity contribution is 6.11. The molecule has 2 N–H and O–H groups in total. The van der Waals surface area contributed by atoms with Crippen LogP contribution in [0.5, 0.6) is 0 Å². The van der Waals surface area contributed by atoms with Gasteiger partial charge >= 0.3 is 0 Å². The molecule has 154 valence electrons. The maximum Gasteiger partial charge on any atom is 0.288 e. The third-order valence-corrected chi connectivity index (χ3v) is 5.01. The zero-order chi connectivity index (χ0) is 21.3. The molecule has 30 heavy (non-hydrogen) atoms. The van der Waals surface area contributed by atoms with Crippen molar-refractivity contribution < 1.29 is 14.5 Å². The summed E-state index contributed by atoms with van der Waals surface area (Å²) < 4.78 is 0. The van der Waals surface area contributed by atoms with Crippen LogP contribution in [0.4, 0.5) is 11.4 Å². The second-order valence-electron chi connectivity index (χ2n) is 7.05. The van der Waals surface area contributed by atoms with E-state index in [1.807, 2.05) is 11.9 Å². The van der Waals surface area contributed by atoms with E-state index in [-0.39, 0.29) is 28.3 Å². The number of H-pyrrole nitrogens is 1. The number of anilines is 1. The van der Waals surface area contributed by atoms with E-state index in [9.17, 15) is 19.7 Å². The van der Waals surface area contributed by atoms with E-state index in [2.05, 4.69) is 25.4 Å². The Morgan fingerprint density at radius 3 is 2.53 bits per heavy atom. The number of fused-ring (bicyclic) bond motifs is 1. The normalized spacial score (nSPS) is 14.6. The summed E-state index contributed by atoms with van der Waals surface area (Å²) in [5.74, 6) is -0.558. The van der Waals surface area contributed by atoms with E-state index < -0.39 is 10.8 Å². The van der Waals surface area contributed by atoms with Gasteiger partial charge in [0, 0.05) is 43.5 Å². The summed E-state index contributed by atoms with van der Waals surface area (Å²) in [6.45, 7) is 3.04. The lowest BCUT2D eigenvalue weighted by Crippen LogP contribution is -2.47. The standard InChI is InChI=1S/C19H19N7O4/c1-24-6-8-25(9-7-24)19(28)12-2-4-13(5-3-12)21-18(27)16-15-10-14(26(29)30)11-20-17(15)23-22-16/h2-5,10-11H,6-9H2,1H3,(H,21,27)(H,20,22,23). The van der Waals surface area contributed by atoms with E-state index in [0.29, 0.717) is 24.3 Å². The van der Waals surface area contributed by atoms with Gasteiger partial charge < -0.3 is 15.1 Å². The third kappa shape index (κ3) is 3.82. The predicted octanol–water partition coefficient (Wildman–Crippen LogP) is 1.51. The Labute approximate surface area is 170 Å². The second-order valence-corrected chi connectivity index (χ2v) is 7.05. The first kappa shape index (κ1) is 19.5. The van der Waals surface area contributed by atoms with Crippen LogP contribution in [0.25, 0.3) is 11.0 Å². The molecule has 0 unspecified atom stereocenters. The highest BCUT2D eigenvalue weighted by Gasteiger charge is 2.21. The van der Waals surface area contributed by atoms with Crippen LogP contribution in [0.3, 0.4) is 0 Å². The van der Waals surface area contributed by atoms with E-state index >= 15 is 0 Å². The number of nitrogens with one attached hydrogen (secondary N) is 2. The van der Waals surface area contributed by atoms with Crippen LogP contribution in [0.15, 0.2) is 36.5 Å². The molecule has 0 aliphatic carbocycles. The molecule has 0 saturated carbocycles. The number of rotatable bonds is 4. The van der Waals surface area contributed by atoms with Crippen molar-refractivity contribution in [2.75, 3.05) is 38.5 Å². The first-order valence-electron chi connectivity index (χ1n) is 9.30. The number of benzene rings is 1. The van der Waals surface area contributed by atoms with E-state index in [1.165, 1.54) is 6.07 Å². The molecule has 2 amide bonds. The van der Waals surface area contributed by atoms with Crippen molar-refractivity contribution >= 4 is 34.2 Å². The van der Waals surface area contributed by atoms with Crippen molar-refractivity contribution in [3.63, 3.8) is 0 Å². The molecule has 0 bridgehead atoms. The van der Waals surface area contributed by atoms with Gasteiger partial charge in [0.15, 0.2) is 5.65 Å². The molecule has 0 spiro atoms. The lowest BCUT2D eigenvalue weighted by Gasteiger charge is -2.32.